The van der Waals surface area contributed by atoms with Crippen LogP contribution in [0.15, 0.2) is 18.2 Å². The lowest BCUT2D eigenvalue weighted by Crippen LogP contribution is -2.18. The van der Waals surface area contributed by atoms with Crippen LogP contribution in [0.4, 0.5) is 5.69 Å². The average Bonchev–Trinajstić information content (AvgIpc) is 2.07. The quantitative estimate of drug-likeness (QED) is 0.793. The van der Waals surface area contributed by atoms with Crippen molar-refractivity contribution >= 4 is 5.69 Å². The Morgan fingerprint density at radius 1 is 1.36 bits per heavy atom. The molecule has 78 valence electrons. The summed E-state index contributed by atoms with van der Waals surface area (Å²) in [6.07, 6.45) is 0.958. The van der Waals surface area contributed by atoms with E-state index in [0.717, 1.165) is 6.42 Å². The molecule has 0 aliphatic heterocycles. The van der Waals surface area contributed by atoms with Crippen LogP contribution in [0.2, 0.25) is 0 Å². The Morgan fingerprint density at radius 2 is 2.00 bits per heavy atom. The van der Waals surface area contributed by atoms with Crippen LogP contribution in [0, 0.1) is 6.92 Å². The Kier molecular flexibility index (Phi) is 3.53. The van der Waals surface area contributed by atoms with E-state index < -0.39 is 0 Å². The van der Waals surface area contributed by atoms with Gasteiger partial charge in [0.2, 0.25) is 0 Å². The van der Waals surface area contributed by atoms with Gasteiger partial charge < -0.3 is 10.6 Å². The van der Waals surface area contributed by atoms with Crippen molar-refractivity contribution in [3.63, 3.8) is 0 Å². The summed E-state index contributed by atoms with van der Waals surface area (Å²) in [6.45, 7) is 4.18. The molecule has 0 fully saturated rings. The molecule has 0 amide bonds. The van der Waals surface area contributed by atoms with Crippen molar-refractivity contribution in [1.82, 2.24) is 0 Å². The maximum atomic E-state index is 5.78. The molecule has 0 aliphatic rings. The molecule has 2 N–H and O–H groups in total. The fraction of sp³-hybridized carbons (Fsp3) is 0.500. The predicted molar refractivity (Wildman–Crippen MR) is 62.9 cm³/mol. The van der Waals surface area contributed by atoms with Crippen molar-refractivity contribution in [3.05, 3.63) is 29.3 Å². The summed E-state index contributed by atoms with van der Waals surface area (Å²) in [5, 5.41) is 0. The second-order valence-electron chi connectivity index (χ2n) is 4.19. The highest BCUT2D eigenvalue weighted by Gasteiger charge is 2.03. The molecule has 0 aliphatic carbocycles. The van der Waals surface area contributed by atoms with Gasteiger partial charge in [0.25, 0.3) is 0 Å². The summed E-state index contributed by atoms with van der Waals surface area (Å²) in [4.78, 5) is 2.11. The lowest BCUT2D eigenvalue weighted by molar-refractivity contribution is 0.735. The number of hydrogen-bond donors (Lipinski definition) is 1. The zero-order valence-electron chi connectivity index (χ0n) is 9.54. The molecule has 0 saturated carbocycles. The van der Waals surface area contributed by atoms with Gasteiger partial charge in [-0.05, 0) is 43.5 Å². The first-order valence-corrected chi connectivity index (χ1v) is 5.03. The SMILES string of the molecule is Cc1cc(N(C)C)ccc1C[C@H](C)N. The van der Waals surface area contributed by atoms with Gasteiger partial charge in [0, 0.05) is 25.8 Å². The highest BCUT2D eigenvalue weighted by Crippen LogP contribution is 2.18. The number of hydrogen-bond acceptors (Lipinski definition) is 2. The zero-order chi connectivity index (χ0) is 10.7. The van der Waals surface area contributed by atoms with Crippen molar-refractivity contribution < 1.29 is 0 Å². The Morgan fingerprint density at radius 3 is 2.43 bits per heavy atom. The van der Waals surface area contributed by atoms with E-state index >= 15 is 0 Å². The van der Waals surface area contributed by atoms with E-state index in [4.69, 9.17) is 5.73 Å². The maximum Gasteiger partial charge on any atom is 0.0363 e. The molecule has 1 aromatic carbocycles. The molecule has 0 unspecified atom stereocenters. The number of anilines is 1. The summed E-state index contributed by atoms with van der Waals surface area (Å²) >= 11 is 0. The van der Waals surface area contributed by atoms with Gasteiger partial charge >= 0.3 is 0 Å². The Balaban J connectivity index is 2.90. The van der Waals surface area contributed by atoms with Gasteiger partial charge in [-0.15, -0.1) is 0 Å². The fourth-order valence-corrected chi connectivity index (χ4v) is 1.53. The summed E-state index contributed by atoms with van der Waals surface area (Å²) in [6, 6.07) is 6.76. The van der Waals surface area contributed by atoms with Crippen molar-refractivity contribution in [2.24, 2.45) is 5.73 Å². The lowest BCUT2D eigenvalue weighted by Gasteiger charge is -2.15. The standard InChI is InChI=1S/C12H20N2/c1-9-7-12(14(3)4)6-5-11(9)8-10(2)13/h5-7,10H,8,13H2,1-4H3/t10-/m0/s1. The first kappa shape index (κ1) is 11.1. The van der Waals surface area contributed by atoms with E-state index in [2.05, 4.69) is 44.1 Å². The summed E-state index contributed by atoms with van der Waals surface area (Å²) in [5.74, 6) is 0. The molecule has 0 saturated heterocycles. The number of rotatable bonds is 3. The Bertz CT molecular complexity index is 303. The minimum atomic E-state index is 0.235. The van der Waals surface area contributed by atoms with Gasteiger partial charge in [-0.1, -0.05) is 6.07 Å². The smallest absolute Gasteiger partial charge is 0.0363 e. The fourth-order valence-electron chi connectivity index (χ4n) is 1.53. The molecule has 2 nitrogen and oxygen atoms in total. The third kappa shape index (κ3) is 2.74. The molecular weight excluding hydrogens is 172 g/mol. The summed E-state index contributed by atoms with van der Waals surface area (Å²) in [7, 11) is 4.11. The van der Waals surface area contributed by atoms with Crippen LogP contribution in [0.25, 0.3) is 0 Å². The van der Waals surface area contributed by atoms with Crippen LogP contribution in [-0.4, -0.2) is 20.1 Å². The average molecular weight is 192 g/mol. The third-order valence-electron chi connectivity index (χ3n) is 2.38. The molecule has 0 radical (unpaired) electrons. The largest absolute Gasteiger partial charge is 0.378 e. The van der Waals surface area contributed by atoms with E-state index in [1.807, 2.05) is 6.92 Å². The van der Waals surface area contributed by atoms with E-state index in [1.165, 1.54) is 16.8 Å². The van der Waals surface area contributed by atoms with Gasteiger partial charge in [-0.3, -0.25) is 0 Å². The van der Waals surface area contributed by atoms with E-state index in [-0.39, 0.29) is 6.04 Å². The monoisotopic (exact) mass is 192 g/mol. The number of aryl methyl sites for hydroxylation is 1. The number of nitrogens with zero attached hydrogens (tertiary/aromatic N) is 1. The number of benzene rings is 1. The van der Waals surface area contributed by atoms with E-state index in [0.29, 0.717) is 0 Å². The molecule has 0 bridgehead atoms. The Labute approximate surface area is 86.7 Å². The van der Waals surface area contributed by atoms with Crippen LogP contribution in [0.5, 0.6) is 0 Å². The van der Waals surface area contributed by atoms with Crippen LogP contribution < -0.4 is 10.6 Å². The van der Waals surface area contributed by atoms with Crippen LogP contribution in [0.1, 0.15) is 18.1 Å². The van der Waals surface area contributed by atoms with Gasteiger partial charge in [-0.25, -0.2) is 0 Å². The van der Waals surface area contributed by atoms with Crippen LogP contribution >= 0.6 is 0 Å². The summed E-state index contributed by atoms with van der Waals surface area (Å²) in [5.41, 5.74) is 9.71. The summed E-state index contributed by atoms with van der Waals surface area (Å²) < 4.78 is 0. The predicted octanol–water partition coefficient (Wildman–Crippen LogP) is 1.95. The highest BCUT2D eigenvalue weighted by molar-refractivity contribution is 5.49. The zero-order valence-corrected chi connectivity index (χ0v) is 9.54. The van der Waals surface area contributed by atoms with E-state index in [1.54, 1.807) is 0 Å². The maximum absolute atomic E-state index is 5.78. The molecule has 2 heteroatoms. The number of nitrogens with two attached hydrogens (primary N) is 1. The van der Waals surface area contributed by atoms with Crippen molar-refractivity contribution in [3.8, 4) is 0 Å². The molecule has 1 atom stereocenters. The normalized spacial score (nSPS) is 12.6. The molecule has 1 rings (SSSR count). The lowest BCUT2D eigenvalue weighted by atomic mass is 10.0. The first-order chi connectivity index (χ1) is 6.50. The second-order valence-corrected chi connectivity index (χ2v) is 4.19. The third-order valence-corrected chi connectivity index (χ3v) is 2.38. The Hall–Kier alpha value is -1.02. The van der Waals surface area contributed by atoms with E-state index in [9.17, 15) is 0 Å². The highest BCUT2D eigenvalue weighted by atomic mass is 15.1. The van der Waals surface area contributed by atoms with Crippen molar-refractivity contribution in [1.29, 1.82) is 0 Å². The minimum absolute atomic E-state index is 0.235. The van der Waals surface area contributed by atoms with Crippen LogP contribution in [-0.2, 0) is 6.42 Å². The van der Waals surface area contributed by atoms with Gasteiger partial charge in [0.1, 0.15) is 0 Å². The second kappa shape index (κ2) is 4.47. The molecular formula is C12H20N2. The van der Waals surface area contributed by atoms with Gasteiger partial charge in [0.15, 0.2) is 0 Å². The first-order valence-electron chi connectivity index (χ1n) is 5.03. The van der Waals surface area contributed by atoms with Crippen molar-refractivity contribution in [2.45, 2.75) is 26.3 Å². The molecule has 0 heterocycles. The van der Waals surface area contributed by atoms with Gasteiger partial charge in [0.05, 0.1) is 0 Å². The molecule has 1 aromatic rings. The van der Waals surface area contributed by atoms with Gasteiger partial charge in [-0.2, -0.15) is 0 Å². The molecule has 0 spiro atoms. The molecule has 14 heavy (non-hydrogen) atoms. The minimum Gasteiger partial charge on any atom is -0.378 e. The topological polar surface area (TPSA) is 29.3 Å². The molecule has 0 aromatic heterocycles. The van der Waals surface area contributed by atoms with Crippen LogP contribution in [0.3, 0.4) is 0 Å². The van der Waals surface area contributed by atoms with Crippen molar-refractivity contribution in [2.75, 3.05) is 19.0 Å².